The van der Waals surface area contributed by atoms with Gasteiger partial charge in [0.1, 0.15) is 5.69 Å². The second-order valence-electron chi connectivity index (χ2n) is 5.68. The number of nitro groups is 1. The third-order valence-corrected chi connectivity index (χ3v) is 5.34. The molecule has 0 saturated heterocycles. The van der Waals surface area contributed by atoms with E-state index in [2.05, 4.69) is 14.9 Å². The van der Waals surface area contributed by atoms with Gasteiger partial charge in [-0.25, -0.2) is 13.1 Å². The standard InChI is InChI=1S/C17H22N4O4S/c1-18-26(24,25)15-9-10-16(17(13-15)21(22)23)19-11-6-12-20(2)14-7-4-3-5-8-14/h3-5,7-10,13,18-19H,6,11-12H2,1-2H3. The molecule has 0 radical (unpaired) electrons. The van der Waals surface area contributed by atoms with Gasteiger partial charge in [-0.1, -0.05) is 18.2 Å². The topological polar surface area (TPSA) is 105 Å². The van der Waals surface area contributed by atoms with E-state index in [0.717, 1.165) is 24.7 Å². The second-order valence-corrected chi connectivity index (χ2v) is 7.57. The third-order valence-electron chi connectivity index (χ3n) is 3.93. The molecule has 0 aliphatic heterocycles. The first-order valence-electron chi connectivity index (χ1n) is 8.07. The van der Waals surface area contributed by atoms with Gasteiger partial charge in [0.25, 0.3) is 5.69 Å². The van der Waals surface area contributed by atoms with Gasteiger partial charge in [0, 0.05) is 31.9 Å². The summed E-state index contributed by atoms with van der Waals surface area (Å²) >= 11 is 0. The number of benzene rings is 2. The number of nitro benzene ring substituents is 1. The molecule has 0 heterocycles. The molecular formula is C17H22N4O4S. The van der Waals surface area contributed by atoms with Crippen LogP contribution in [0.2, 0.25) is 0 Å². The smallest absolute Gasteiger partial charge is 0.293 e. The van der Waals surface area contributed by atoms with Crippen molar-refractivity contribution in [2.75, 3.05) is 37.4 Å². The summed E-state index contributed by atoms with van der Waals surface area (Å²) in [4.78, 5) is 12.6. The lowest BCUT2D eigenvalue weighted by molar-refractivity contribution is -0.384. The number of nitrogens with one attached hydrogen (secondary N) is 2. The molecule has 0 bridgehead atoms. The molecule has 2 rings (SSSR count). The number of anilines is 2. The quantitative estimate of drug-likeness (QED) is 0.394. The number of hydrogen-bond donors (Lipinski definition) is 2. The van der Waals surface area contributed by atoms with Crippen LogP contribution < -0.4 is 14.9 Å². The SMILES string of the molecule is CNS(=O)(=O)c1ccc(NCCCN(C)c2ccccc2)c([N+](=O)[O-])c1. The molecule has 0 atom stereocenters. The van der Waals surface area contributed by atoms with Gasteiger partial charge in [-0.3, -0.25) is 10.1 Å². The molecule has 0 spiro atoms. The lowest BCUT2D eigenvalue weighted by Gasteiger charge is -2.19. The monoisotopic (exact) mass is 378 g/mol. The Hall–Kier alpha value is -2.65. The minimum absolute atomic E-state index is 0.138. The van der Waals surface area contributed by atoms with Crippen LogP contribution in [0.1, 0.15) is 6.42 Å². The van der Waals surface area contributed by atoms with Crippen molar-refractivity contribution in [1.82, 2.24) is 4.72 Å². The van der Waals surface area contributed by atoms with Gasteiger partial charge in [0.05, 0.1) is 9.82 Å². The van der Waals surface area contributed by atoms with Crippen molar-refractivity contribution < 1.29 is 13.3 Å². The van der Waals surface area contributed by atoms with Crippen molar-refractivity contribution in [2.24, 2.45) is 0 Å². The van der Waals surface area contributed by atoms with Crippen molar-refractivity contribution >= 4 is 27.1 Å². The maximum absolute atomic E-state index is 11.8. The normalized spacial score (nSPS) is 11.2. The van der Waals surface area contributed by atoms with Gasteiger partial charge in [-0.05, 0) is 37.7 Å². The first-order chi connectivity index (χ1) is 12.3. The Bertz CT molecular complexity index is 856. The summed E-state index contributed by atoms with van der Waals surface area (Å²) in [6, 6.07) is 13.7. The van der Waals surface area contributed by atoms with Gasteiger partial charge in [0.2, 0.25) is 10.0 Å². The van der Waals surface area contributed by atoms with Crippen molar-refractivity contribution in [2.45, 2.75) is 11.3 Å². The van der Waals surface area contributed by atoms with Crippen LogP contribution in [0.25, 0.3) is 0 Å². The van der Waals surface area contributed by atoms with Crippen molar-refractivity contribution in [3.63, 3.8) is 0 Å². The van der Waals surface area contributed by atoms with Crippen LogP contribution in [0.4, 0.5) is 17.1 Å². The molecule has 2 aromatic rings. The van der Waals surface area contributed by atoms with E-state index in [0.29, 0.717) is 12.2 Å². The van der Waals surface area contributed by atoms with E-state index in [1.165, 1.54) is 19.2 Å². The van der Waals surface area contributed by atoms with E-state index in [9.17, 15) is 18.5 Å². The zero-order valence-electron chi connectivity index (χ0n) is 14.7. The summed E-state index contributed by atoms with van der Waals surface area (Å²) in [5, 5.41) is 14.3. The Morgan fingerprint density at radius 3 is 2.46 bits per heavy atom. The minimum atomic E-state index is -3.73. The maximum atomic E-state index is 11.8. The van der Waals surface area contributed by atoms with Gasteiger partial charge >= 0.3 is 0 Å². The number of hydrogen-bond acceptors (Lipinski definition) is 6. The fraction of sp³-hybridized carbons (Fsp3) is 0.294. The number of sulfonamides is 1. The second kappa shape index (κ2) is 8.63. The Labute approximate surface area is 153 Å². The molecule has 9 heteroatoms. The molecule has 0 saturated carbocycles. The predicted octanol–water partition coefficient (Wildman–Crippen LogP) is 2.44. The van der Waals surface area contributed by atoms with Crippen LogP contribution in [0.15, 0.2) is 53.4 Å². The molecular weight excluding hydrogens is 356 g/mol. The summed E-state index contributed by atoms with van der Waals surface area (Å²) in [7, 11) is -0.485. The van der Waals surface area contributed by atoms with Crippen LogP contribution in [-0.4, -0.2) is 40.5 Å². The molecule has 0 aliphatic carbocycles. The van der Waals surface area contributed by atoms with Crippen molar-refractivity contribution in [1.29, 1.82) is 0 Å². The van der Waals surface area contributed by atoms with Gasteiger partial charge in [-0.15, -0.1) is 0 Å². The number of para-hydroxylation sites is 1. The molecule has 0 aromatic heterocycles. The van der Waals surface area contributed by atoms with Gasteiger partial charge in [-0.2, -0.15) is 0 Å². The van der Waals surface area contributed by atoms with Crippen molar-refractivity contribution in [3.05, 3.63) is 58.6 Å². The molecule has 0 aliphatic rings. The first-order valence-corrected chi connectivity index (χ1v) is 9.55. The Balaban J connectivity index is 2.00. The fourth-order valence-electron chi connectivity index (χ4n) is 2.45. The summed E-state index contributed by atoms with van der Waals surface area (Å²) < 4.78 is 25.7. The van der Waals surface area contributed by atoms with E-state index in [4.69, 9.17) is 0 Å². The summed E-state index contributed by atoms with van der Waals surface area (Å²) in [6.45, 7) is 1.30. The Morgan fingerprint density at radius 2 is 1.85 bits per heavy atom. The highest BCUT2D eigenvalue weighted by atomic mass is 32.2. The van der Waals surface area contributed by atoms with Gasteiger partial charge < -0.3 is 10.2 Å². The zero-order chi connectivity index (χ0) is 19.2. The summed E-state index contributed by atoms with van der Waals surface area (Å²) in [6.07, 6.45) is 0.763. The molecule has 0 unspecified atom stereocenters. The highest BCUT2D eigenvalue weighted by Gasteiger charge is 2.20. The predicted molar refractivity (Wildman–Crippen MR) is 102 cm³/mol. The lowest BCUT2D eigenvalue weighted by Crippen LogP contribution is -2.21. The van der Waals surface area contributed by atoms with Crippen molar-refractivity contribution in [3.8, 4) is 0 Å². The first kappa shape index (κ1) is 19.7. The average Bonchev–Trinajstić information content (AvgIpc) is 2.65. The molecule has 140 valence electrons. The number of nitrogens with zero attached hydrogens (tertiary/aromatic N) is 2. The molecule has 2 aromatic carbocycles. The van der Waals surface area contributed by atoms with Crippen LogP contribution in [0.5, 0.6) is 0 Å². The Morgan fingerprint density at radius 1 is 1.15 bits per heavy atom. The Kier molecular flexibility index (Phi) is 6.53. The van der Waals surface area contributed by atoms with E-state index >= 15 is 0 Å². The van der Waals surface area contributed by atoms with E-state index in [-0.39, 0.29) is 10.6 Å². The molecule has 8 nitrogen and oxygen atoms in total. The van der Waals surface area contributed by atoms with Crippen LogP contribution >= 0.6 is 0 Å². The maximum Gasteiger partial charge on any atom is 0.293 e. The lowest BCUT2D eigenvalue weighted by atomic mass is 10.2. The van der Waals surface area contributed by atoms with Gasteiger partial charge in [0.15, 0.2) is 0 Å². The zero-order valence-corrected chi connectivity index (χ0v) is 15.5. The van der Waals surface area contributed by atoms with Crippen LogP contribution in [0, 0.1) is 10.1 Å². The summed E-state index contributed by atoms with van der Waals surface area (Å²) in [5.74, 6) is 0. The number of rotatable bonds is 9. The summed E-state index contributed by atoms with van der Waals surface area (Å²) in [5.41, 5.74) is 1.13. The molecule has 0 fully saturated rings. The largest absolute Gasteiger partial charge is 0.379 e. The molecule has 26 heavy (non-hydrogen) atoms. The highest BCUT2D eigenvalue weighted by Crippen LogP contribution is 2.27. The fourth-order valence-corrected chi connectivity index (χ4v) is 3.20. The highest BCUT2D eigenvalue weighted by molar-refractivity contribution is 7.89. The van der Waals surface area contributed by atoms with E-state index in [1.54, 1.807) is 0 Å². The molecule has 0 amide bonds. The van der Waals surface area contributed by atoms with Crippen LogP contribution in [0.3, 0.4) is 0 Å². The van der Waals surface area contributed by atoms with Crippen LogP contribution in [-0.2, 0) is 10.0 Å². The van der Waals surface area contributed by atoms with E-state index < -0.39 is 14.9 Å². The van der Waals surface area contributed by atoms with E-state index in [1.807, 2.05) is 37.4 Å². The third kappa shape index (κ3) is 4.93. The minimum Gasteiger partial charge on any atom is -0.379 e. The molecule has 2 N–H and O–H groups in total. The average molecular weight is 378 g/mol.